The lowest BCUT2D eigenvalue weighted by atomic mass is 10.1. The SMILES string of the molecule is COC(=O)c1nc(Cn2nc(-c3ccc(Cl)cc3)n(C[C@H](O)C(F)(F)F)c2=O)nn1-c1ccccc1C(F)(F)F. The molecule has 212 valence electrons. The highest BCUT2D eigenvalue weighted by atomic mass is 35.5. The van der Waals surface area contributed by atoms with Crippen molar-refractivity contribution in [3.63, 3.8) is 0 Å². The smallest absolute Gasteiger partial charge is 0.418 e. The van der Waals surface area contributed by atoms with Gasteiger partial charge in [0.1, 0.15) is 6.54 Å². The van der Waals surface area contributed by atoms with Gasteiger partial charge in [0.05, 0.1) is 24.9 Å². The number of aliphatic hydroxyl groups excluding tert-OH is 1. The van der Waals surface area contributed by atoms with Crippen molar-refractivity contribution in [1.82, 2.24) is 29.1 Å². The average molecular weight is 591 g/mol. The van der Waals surface area contributed by atoms with E-state index >= 15 is 0 Å². The van der Waals surface area contributed by atoms with Crippen molar-refractivity contribution >= 4 is 17.6 Å². The number of alkyl halides is 6. The zero-order valence-electron chi connectivity index (χ0n) is 20.1. The first-order valence-electron chi connectivity index (χ1n) is 11.1. The van der Waals surface area contributed by atoms with E-state index in [1.807, 2.05) is 0 Å². The predicted molar refractivity (Wildman–Crippen MR) is 126 cm³/mol. The molecule has 10 nitrogen and oxygen atoms in total. The molecule has 0 aliphatic carbocycles. The lowest BCUT2D eigenvalue weighted by Crippen LogP contribution is -2.37. The minimum atomic E-state index is -5.06. The molecule has 0 saturated heterocycles. The molecule has 4 rings (SSSR count). The maximum absolute atomic E-state index is 13.6. The highest BCUT2D eigenvalue weighted by molar-refractivity contribution is 6.30. The van der Waals surface area contributed by atoms with E-state index in [4.69, 9.17) is 11.6 Å². The third kappa shape index (κ3) is 5.86. The molecule has 4 aromatic rings. The van der Waals surface area contributed by atoms with Crippen molar-refractivity contribution in [2.45, 2.75) is 31.5 Å². The van der Waals surface area contributed by atoms with Gasteiger partial charge >= 0.3 is 24.0 Å². The normalized spacial score (nSPS) is 12.9. The number of carbonyl (C=O) groups is 1. The van der Waals surface area contributed by atoms with Crippen LogP contribution in [-0.2, 0) is 24.0 Å². The number of para-hydroxylation sites is 1. The predicted octanol–water partition coefficient (Wildman–Crippen LogP) is 3.72. The summed E-state index contributed by atoms with van der Waals surface area (Å²) in [6, 6.07) is 9.73. The van der Waals surface area contributed by atoms with Gasteiger partial charge in [-0.1, -0.05) is 23.7 Å². The summed E-state index contributed by atoms with van der Waals surface area (Å²) in [5, 5.41) is 17.9. The Morgan fingerprint density at radius 2 is 1.70 bits per heavy atom. The molecule has 2 aromatic carbocycles. The fraction of sp³-hybridized carbons (Fsp3) is 0.261. The van der Waals surface area contributed by atoms with Crippen molar-refractivity contribution < 1.29 is 41.0 Å². The minimum Gasteiger partial charge on any atom is -0.463 e. The first kappa shape index (κ1) is 28.8. The number of halogens is 7. The average Bonchev–Trinajstić information content (AvgIpc) is 3.44. The van der Waals surface area contributed by atoms with Gasteiger partial charge in [0.2, 0.25) is 5.82 Å². The summed E-state index contributed by atoms with van der Waals surface area (Å²) in [6.45, 7) is -1.88. The molecule has 0 saturated carbocycles. The molecule has 1 N–H and O–H groups in total. The van der Waals surface area contributed by atoms with E-state index in [1.165, 1.54) is 30.3 Å². The zero-order valence-corrected chi connectivity index (χ0v) is 20.9. The second-order valence-corrected chi connectivity index (χ2v) is 8.65. The number of rotatable bonds is 7. The number of aromatic nitrogens is 6. The Hall–Kier alpha value is -4.18. The lowest BCUT2D eigenvalue weighted by molar-refractivity contribution is -0.207. The third-order valence-corrected chi connectivity index (χ3v) is 5.76. The molecule has 0 fully saturated rings. The van der Waals surface area contributed by atoms with Gasteiger partial charge in [0.25, 0.3) is 0 Å². The monoisotopic (exact) mass is 590 g/mol. The number of ether oxygens (including phenoxy) is 1. The van der Waals surface area contributed by atoms with Crippen LogP contribution in [0.15, 0.2) is 53.3 Å². The molecule has 0 radical (unpaired) electrons. The van der Waals surface area contributed by atoms with Crippen molar-refractivity contribution in [3.8, 4) is 17.1 Å². The molecule has 0 aliphatic rings. The van der Waals surface area contributed by atoms with Crippen LogP contribution in [0.25, 0.3) is 17.1 Å². The van der Waals surface area contributed by atoms with Gasteiger partial charge in [-0.25, -0.2) is 23.9 Å². The zero-order chi connectivity index (χ0) is 29.4. The van der Waals surface area contributed by atoms with Crippen LogP contribution in [0.5, 0.6) is 0 Å². The topological polar surface area (TPSA) is 117 Å². The molecule has 1 atom stereocenters. The van der Waals surface area contributed by atoms with Crippen LogP contribution in [0.2, 0.25) is 5.02 Å². The van der Waals surface area contributed by atoms with Gasteiger partial charge in [-0.05, 0) is 36.4 Å². The molecule has 17 heteroatoms. The molecule has 0 unspecified atom stereocenters. The molecule has 0 amide bonds. The summed E-state index contributed by atoms with van der Waals surface area (Å²) in [5.41, 5.74) is -2.67. The van der Waals surface area contributed by atoms with Crippen LogP contribution in [0.4, 0.5) is 26.3 Å². The van der Waals surface area contributed by atoms with Gasteiger partial charge in [-0.2, -0.15) is 26.3 Å². The Morgan fingerprint density at radius 3 is 2.30 bits per heavy atom. The summed E-state index contributed by atoms with van der Waals surface area (Å²) in [4.78, 5) is 29.3. The number of nitrogens with zero attached hydrogens (tertiary/aromatic N) is 6. The summed E-state index contributed by atoms with van der Waals surface area (Å²) in [5.74, 6) is -2.47. The third-order valence-electron chi connectivity index (χ3n) is 5.51. The van der Waals surface area contributed by atoms with Gasteiger partial charge in [0, 0.05) is 10.6 Å². The van der Waals surface area contributed by atoms with Crippen LogP contribution in [0.1, 0.15) is 22.0 Å². The maximum Gasteiger partial charge on any atom is 0.418 e. The van der Waals surface area contributed by atoms with Gasteiger partial charge < -0.3 is 9.84 Å². The highest BCUT2D eigenvalue weighted by Crippen LogP contribution is 2.34. The molecular weight excluding hydrogens is 574 g/mol. The lowest BCUT2D eigenvalue weighted by Gasteiger charge is -2.15. The number of methoxy groups -OCH3 is 1. The van der Waals surface area contributed by atoms with Crippen molar-refractivity contribution in [1.29, 1.82) is 0 Å². The number of hydrogen-bond donors (Lipinski definition) is 1. The minimum absolute atomic E-state index is 0.169. The molecule has 40 heavy (non-hydrogen) atoms. The molecular formula is C23H17ClF6N6O4. The van der Waals surface area contributed by atoms with Gasteiger partial charge in [-0.3, -0.25) is 4.57 Å². The fourth-order valence-corrected chi connectivity index (χ4v) is 3.77. The van der Waals surface area contributed by atoms with Crippen molar-refractivity contribution in [2.75, 3.05) is 7.11 Å². The second kappa shape index (κ2) is 10.8. The van der Waals surface area contributed by atoms with E-state index in [2.05, 4.69) is 19.9 Å². The quantitative estimate of drug-likeness (QED) is 0.258. The van der Waals surface area contributed by atoms with E-state index in [0.29, 0.717) is 13.9 Å². The number of aliphatic hydroxyl groups is 1. The molecule has 2 heterocycles. The van der Waals surface area contributed by atoms with Crippen LogP contribution in [-0.4, -0.2) is 59.6 Å². The highest BCUT2D eigenvalue weighted by Gasteiger charge is 2.39. The number of hydrogen-bond acceptors (Lipinski definition) is 7. The van der Waals surface area contributed by atoms with Crippen LogP contribution < -0.4 is 5.69 Å². The first-order chi connectivity index (χ1) is 18.7. The van der Waals surface area contributed by atoms with E-state index < -0.39 is 60.3 Å². The molecule has 2 aromatic heterocycles. The molecule has 0 aliphatic heterocycles. The Labute approximate surface area is 225 Å². The van der Waals surface area contributed by atoms with Crippen LogP contribution >= 0.6 is 11.6 Å². The van der Waals surface area contributed by atoms with Crippen molar-refractivity contribution in [3.05, 3.63) is 81.3 Å². The number of carbonyl (C=O) groups excluding carboxylic acids is 1. The van der Waals surface area contributed by atoms with E-state index in [-0.39, 0.29) is 22.2 Å². The van der Waals surface area contributed by atoms with Gasteiger partial charge in [-0.15, -0.1) is 10.2 Å². The number of esters is 1. The first-order valence-corrected chi connectivity index (χ1v) is 11.5. The Morgan fingerprint density at radius 1 is 1.05 bits per heavy atom. The van der Waals surface area contributed by atoms with E-state index in [1.54, 1.807) is 0 Å². The summed E-state index contributed by atoms with van der Waals surface area (Å²) in [7, 11) is 0.965. The Balaban J connectivity index is 1.82. The maximum atomic E-state index is 13.6. The van der Waals surface area contributed by atoms with Crippen molar-refractivity contribution in [2.24, 2.45) is 0 Å². The van der Waals surface area contributed by atoms with Crippen LogP contribution in [0.3, 0.4) is 0 Å². The summed E-state index contributed by atoms with van der Waals surface area (Å²) < 4.78 is 86.5. The van der Waals surface area contributed by atoms with Crippen LogP contribution in [0, 0.1) is 0 Å². The molecule has 0 spiro atoms. The molecule has 0 bridgehead atoms. The summed E-state index contributed by atoms with van der Waals surface area (Å²) >= 11 is 5.86. The van der Waals surface area contributed by atoms with Gasteiger partial charge in [0.15, 0.2) is 17.8 Å². The number of benzene rings is 2. The van der Waals surface area contributed by atoms with E-state index in [0.717, 1.165) is 25.3 Å². The largest absolute Gasteiger partial charge is 0.463 e. The fourth-order valence-electron chi connectivity index (χ4n) is 3.64. The summed E-state index contributed by atoms with van der Waals surface area (Å²) in [6.07, 6.45) is -12.8. The van der Waals surface area contributed by atoms with E-state index in [9.17, 15) is 41.0 Å². The Kier molecular flexibility index (Phi) is 7.76. The second-order valence-electron chi connectivity index (χ2n) is 8.21. The Bertz CT molecular complexity index is 1590. The standard InChI is InChI=1S/C23H17ClF6N6O4/c1-40-20(38)19-31-17(32-36(19)15-5-3-2-4-14(15)22(25,26)27)11-35-21(39)34(10-16(37)23(28,29)30)18(33-35)12-6-8-13(24)9-7-12/h2-9,16,37H,10-11H2,1H3/t16-/m0/s1.